The Kier molecular flexibility index (Phi) is 3.28. The third kappa shape index (κ3) is 2.10. The van der Waals surface area contributed by atoms with Crippen LogP contribution in [0.1, 0.15) is 27.6 Å². The van der Waals surface area contributed by atoms with E-state index in [0.29, 0.717) is 12.0 Å². The molecule has 0 saturated heterocycles. The van der Waals surface area contributed by atoms with Gasteiger partial charge in [0.1, 0.15) is 5.75 Å². The molecule has 0 amide bonds. The van der Waals surface area contributed by atoms with E-state index in [4.69, 9.17) is 4.74 Å². The van der Waals surface area contributed by atoms with Gasteiger partial charge >= 0.3 is 0 Å². The molecular formula is C17H16O3. The number of rotatable bonds is 3. The largest absolute Gasteiger partial charge is 0.497 e. The van der Waals surface area contributed by atoms with Gasteiger partial charge in [0.05, 0.1) is 19.1 Å². The van der Waals surface area contributed by atoms with Crippen molar-refractivity contribution >= 4 is 5.78 Å². The van der Waals surface area contributed by atoms with Crippen molar-refractivity contribution in [2.45, 2.75) is 12.5 Å². The second kappa shape index (κ2) is 5.10. The minimum atomic E-state index is -0.708. The quantitative estimate of drug-likeness (QED) is 0.931. The third-order valence-corrected chi connectivity index (χ3v) is 3.88. The molecule has 0 aliphatic heterocycles. The summed E-state index contributed by atoms with van der Waals surface area (Å²) in [5.74, 6) is 0.431. The lowest BCUT2D eigenvalue weighted by Crippen LogP contribution is -2.16. The Morgan fingerprint density at radius 2 is 1.80 bits per heavy atom. The van der Waals surface area contributed by atoms with Gasteiger partial charge in [0.2, 0.25) is 0 Å². The van der Waals surface area contributed by atoms with Crippen LogP contribution in [0.25, 0.3) is 0 Å². The maximum Gasteiger partial charge on any atom is 0.169 e. The first-order valence-electron chi connectivity index (χ1n) is 6.65. The molecule has 102 valence electrons. The van der Waals surface area contributed by atoms with Crippen LogP contribution in [0.4, 0.5) is 0 Å². The van der Waals surface area contributed by atoms with Gasteiger partial charge < -0.3 is 9.84 Å². The first-order valence-corrected chi connectivity index (χ1v) is 6.65. The highest BCUT2D eigenvalue weighted by molar-refractivity contribution is 6.03. The average molecular weight is 268 g/mol. The van der Waals surface area contributed by atoms with Crippen LogP contribution in [0.15, 0.2) is 48.5 Å². The molecule has 2 aromatic carbocycles. The predicted octanol–water partition coefficient (Wildman–Crippen LogP) is 2.78. The molecule has 0 unspecified atom stereocenters. The number of hydrogen-bond acceptors (Lipinski definition) is 3. The zero-order valence-corrected chi connectivity index (χ0v) is 11.2. The third-order valence-electron chi connectivity index (χ3n) is 3.88. The number of aliphatic hydroxyl groups is 1. The van der Waals surface area contributed by atoms with Gasteiger partial charge in [0, 0.05) is 5.56 Å². The van der Waals surface area contributed by atoms with Crippen LogP contribution in [-0.4, -0.2) is 18.0 Å². The maximum atomic E-state index is 12.3. The molecule has 2 aromatic rings. The molecule has 0 radical (unpaired) electrons. The number of methoxy groups -OCH3 is 1. The van der Waals surface area contributed by atoms with Gasteiger partial charge in [-0.25, -0.2) is 0 Å². The van der Waals surface area contributed by atoms with Gasteiger partial charge in [0.15, 0.2) is 5.78 Å². The molecule has 20 heavy (non-hydrogen) atoms. The fraction of sp³-hybridized carbons (Fsp3) is 0.235. The Morgan fingerprint density at radius 3 is 2.45 bits per heavy atom. The summed E-state index contributed by atoms with van der Waals surface area (Å²) in [5.41, 5.74) is 2.42. The monoisotopic (exact) mass is 268 g/mol. The van der Waals surface area contributed by atoms with Crippen LogP contribution >= 0.6 is 0 Å². The van der Waals surface area contributed by atoms with Crippen molar-refractivity contribution in [1.29, 1.82) is 0 Å². The Morgan fingerprint density at radius 1 is 1.10 bits per heavy atom. The van der Waals surface area contributed by atoms with Gasteiger partial charge in [-0.15, -0.1) is 0 Å². The minimum absolute atomic E-state index is 0.0314. The first kappa shape index (κ1) is 12.9. The van der Waals surface area contributed by atoms with Gasteiger partial charge in [-0.2, -0.15) is 0 Å². The van der Waals surface area contributed by atoms with Crippen LogP contribution in [0, 0.1) is 5.92 Å². The number of Topliss-reactive ketones (excluding diaryl/α,β-unsaturated/α-hetero) is 1. The van der Waals surface area contributed by atoms with Gasteiger partial charge in [-0.3, -0.25) is 4.79 Å². The number of ether oxygens (including phenoxy) is 1. The Bertz CT molecular complexity index is 631. The van der Waals surface area contributed by atoms with Crippen molar-refractivity contribution in [3.8, 4) is 5.75 Å². The van der Waals surface area contributed by atoms with Gasteiger partial charge in [0.25, 0.3) is 0 Å². The van der Waals surface area contributed by atoms with Crippen molar-refractivity contribution in [1.82, 2.24) is 0 Å². The molecule has 0 aromatic heterocycles. The van der Waals surface area contributed by atoms with E-state index >= 15 is 0 Å². The lowest BCUT2D eigenvalue weighted by Gasteiger charge is -2.14. The summed E-state index contributed by atoms with van der Waals surface area (Å²) in [4.78, 5) is 12.3. The highest BCUT2D eigenvalue weighted by atomic mass is 16.5. The van der Waals surface area contributed by atoms with E-state index in [1.807, 2.05) is 42.5 Å². The van der Waals surface area contributed by atoms with Crippen LogP contribution in [0.2, 0.25) is 0 Å². The summed E-state index contributed by atoms with van der Waals surface area (Å²) in [5, 5.41) is 10.3. The zero-order valence-electron chi connectivity index (χ0n) is 11.2. The molecule has 0 bridgehead atoms. The SMILES string of the molecule is COc1ccc(C[C@@H]2C(=O)c3ccccc3[C@H]2O)cc1. The summed E-state index contributed by atoms with van der Waals surface area (Å²) in [7, 11) is 1.62. The average Bonchev–Trinajstić information content (AvgIpc) is 2.74. The lowest BCUT2D eigenvalue weighted by molar-refractivity contribution is 0.0757. The molecule has 0 fully saturated rings. The van der Waals surface area contributed by atoms with E-state index < -0.39 is 6.10 Å². The summed E-state index contributed by atoms with van der Waals surface area (Å²) in [6, 6.07) is 14.9. The van der Waals surface area contributed by atoms with E-state index in [9.17, 15) is 9.90 Å². The van der Waals surface area contributed by atoms with Crippen LogP contribution in [0.5, 0.6) is 5.75 Å². The molecule has 1 N–H and O–H groups in total. The number of hydrogen-bond donors (Lipinski definition) is 1. The number of ketones is 1. The highest BCUT2D eigenvalue weighted by Gasteiger charge is 2.38. The number of aliphatic hydroxyl groups excluding tert-OH is 1. The molecule has 3 nitrogen and oxygen atoms in total. The fourth-order valence-corrected chi connectivity index (χ4v) is 2.76. The van der Waals surface area contributed by atoms with Crippen molar-refractivity contribution in [3.05, 3.63) is 65.2 Å². The molecule has 0 spiro atoms. The maximum absolute atomic E-state index is 12.3. The van der Waals surface area contributed by atoms with Crippen molar-refractivity contribution < 1.29 is 14.6 Å². The van der Waals surface area contributed by atoms with E-state index in [2.05, 4.69) is 0 Å². The van der Waals surface area contributed by atoms with E-state index in [1.165, 1.54) is 0 Å². The molecule has 3 heteroatoms. The van der Waals surface area contributed by atoms with Crippen molar-refractivity contribution in [3.63, 3.8) is 0 Å². The van der Waals surface area contributed by atoms with E-state index in [-0.39, 0.29) is 11.7 Å². The number of benzene rings is 2. The molecule has 0 saturated carbocycles. The van der Waals surface area contributed by atoms with Crippen LogP contribution in [-0.2, 0) is 6.42 Å². The van der Waals surface area contributed by atoms with Crippen molar-refractivity contribution in [2.75, 3.05) is 7.11 Å². The molecule has 2 atom stereocenters. The highest BCUT2D eigenvalue weighted by Crippen LogP contribution is 2.37. The van der Waals surface area contributed by atoms with Gasteiger partial charge in [-0.05, 0) is 29.7 Å². The normalized spacial score (nSPS) is 20.8. The fourth-order valence-electron chi connectivity index (χ4n) is 2.76. The molecular weight excluding hydrogens is 252 g/mol. The first-order chi connectivity index (χ1) is 9.70. The zero-order chi connectivity index (χ0) is 14.1. The Labute approximate surface area is 117 Å². The van der Waals surface area contributed by atoms with Crippen LogP contribution in [0.3, 0.4) is 0 Å². The molecule has 0 heterocycles. The standard InChI is InChI=1S/C17H16O3/c1-20-12-8-6-11(7-9-12)10-15-16(18)13-4-2-3-5-14(13)17(15)19/h2-9,15-16,18H,10H2,1H3/t15-,16+/m0/s1. The van der Waals surface area contributed by atoms with E-state index in [0.717, 1.165) is 16.9 Å². The Balaban J connectivity index is 1.83. The second-order valence-corrected chi connectivity index (χ2v) is 5.06. The minimum Gasteiger partial charge on any atom is -0.497 e. The summed E-state index contributed by atoms with van der Waals surface area (Å²) in [6.07, 6.45) is -0.167. The number of fused-ring (bicyclic) bond motifs is 1. The summed E-state index contributed by atoms with van der Waals surface area (Å²) in [6.45, 7) is 0. The predicted molar refractivity (Wildman–Crippen MR) is 75.9 cm³/mol. The lowest BCUT2D eigenvalue weighted by atomic mass is 9.94. The smallest absolute Gasteiger partial charge is 0.169 e. The molecule has 1 aliphatic rings. The second-order valence-electron chi connectivity index (χ2n) is 5.06. The number of carbonyl (C=O) groups is 1. The Hall–Kier alpha value is -2.13. The summed E-state index contributed by atoms with van der Waals surface area (Å²) < 4.78 is 5.12. The van der Waals surface area contributed by atoms with E-state index in [1.54, 1.807) is 13.2 Å². The van der Waals surface area contributed by atoms with Gasteiger partial charge in [-0.1, -0.05) is 36.4 Å². The van der Waals surface area contributed by atoms with Crippen LogP contribution < -0.4 is 4.74 Å². The molecule has 1 aliphatic carbocycles. The summed E-state index contributed by atoms with van der Waals surface area (Å²) >= 11 is 0. The number of carbonyl (C=O) groups excluding carboxylic acids is 1. The molecule has 3 rings (SSSR count). The van der Waals surface area contributed by atoms with Crippen molar-refractivity contribution in [2.24, 2.45) is 5.92 Å². The topological polar surface area (TPSA) is 46.5 Å².